The van der Waals surface area contributed by atoms with E-state index in [0.717, 1.165) is 12.3 Å². The Morgan fingerprint density at radius 2 is 1.94 bits per heavy atom. The fourth-order valence-corrected chi connectivity index (χ4v) is 3.43. The van der Waals surface area contributed by atoms with Crippen LogP contribution in [0.4, 0.5) is 0 Å². The Kier molecular flexibility index (Phi) is 4.45. The van der Waals surface area contributed by atoms with Crippen molar-refractivity contribution in [2.45, 2.75) is 63.5 Å². The second-order valence-corrected chi connectivity index (χ2v) is 6.39. The molecule has 3 unspecified atom stereocenters. The van der Waals surface area contributed by atoms with Crippen LogP contribution in [0.15, 0.2) is 0 Å². The molecule has 3 heteroatoms. The van der Waals surface area contributed by atoms with E-state index in [2.05, 4.69) is 12.2 Å². The minimum absolute atomic E-state index is 0.0769. The molecule has 0 aromatic rings. The first-order valence-electron chi connectivity index (χ1n) is 7.25. The summed E-state index contributed by atoms with van der Waals surface area (Å²) >= 11 is 0. The van der Waals surface area contributed by atoms with E-state index in [1.165, 1.54) is 38.5 Å². The number of hydrogen-bond donors (Lipinski definition) is 3. The third-order valence-electron chi connectivity index (χ3n) is 4.84. The Morgan fingerprint density at radius 3 is 2.47 bits per heavy atom. The van der Waals surface area contributed by atoms with E-state index < -0.39 is 0 Å². The van der Waals surface area contributed by atoms with Crippen LogP contribution in [0.2, 0.25) is 0 Å². The Morgan fingerprint density at radius 1 is 1.24 bits per heavy atom. The highest BCUT2D eigenvalue weighted by Crippen LogP contribution is 2.35. The number of nitrogens with one attached hydrogen (secondary N) is 1. The number of aliphatic hydroxyl groups excluding tert-OH is 1. The van der Waals surface area contributed by atoms with Gasteiger partial charge in [0.05, 0.1) is 0 Å². The van der Waals surface area contributed by atoms with Crippen molar-refractivity contribution in [1.82, 2.24) is 5.32 Å². The molecule has 0 spiro atoms. The molecule has 3 atom stereocenters. The quantitative estimate of drug-likeness (QED) is 0.661. The lowest BCUT2D eigenvalue weighted by Crippen LogP contribution is -2.55. The predicted octanol–water partition coefficient (Wildman–Crippen LogP) is 1.64. The van der Waals surface area contributed by atoms with E-state index in [0.29, 0.717) is 25.1 Å². The summed E-state index contributed by atoms with van der Waals surface area (Å²) in [7, 11) is 0. The summed E-state index contributed by atoms with van der Waals surface area (Å²) in [6, 6.07) is 0.480. The van der Waals surface area contributed by atoms with E-state index in [1.807, 2.05) is 0 Å². The van der Waals surface area contributed by atoms with Gasteiger partial charge < -0.3 is 16.2 Å². The van der Waals surface area contributed by atoms with E-state index in [4.69, 9.17) is 5.73 Å². The Hall–Kier alpha value is -0.120. The molecular formula is C14H28N2O. The summed E-state index contributed by atoms with van der Waals surface area (Å²) in [5, 5.41) is 13.1. The van der Waals surface area contributed by atoms with Gasteiger partial charge in [-0.25, -0.2) is 0 Å². The molecular weight excluding hydrogens is 212 g/mol. The van der Waals surface area contributed by atoms with E-state index in [1.54, 1.807) is 0 Å². The molecule has 17 heavy (non-hydrogen) atoms. The molecule has 2 aliphatic carbocycles. The van der Waals surface area contributed by atoms with Crippen LogP contribution in [0.5, 0.6) is 0 Å². The summed E-state index contributed by atoms with van der Waals surface area (Å²) in [5.41, 5.74) is 6.05. The lowest BCUT2D eigenvalue weighted by Gasteiger charge is -2.40. The highest BCUT2D eigenvalue weighted by Gasteiger charge is 2.35. The third-order valence-corrected chi connectivity index (χ3v) is 4.84. The topological polar surface area (TPSA) is 58.3 Å². The summed E-state index contributed by atoms with van der Waals surface area (Å²) in [4.78, 5) is 0. The van der Waals surface area contributed by atoms with Crippen molar-refractivity contribution in [3.63, 3.8) is 0 Å². The van der Waals surface area contributed by atoms with Gasteiger partial charge in [-0.05, 0) is 38.0 Å². The van der Waals surface area contributed by atoms with Crippen molar-refractivity contribution in [2.24, 2.45) is 17.6 Å². The van der Waals surface area contributed by atoms with Crippen LogP contribution < -0.4 is 11.1 Å². The van der Waals surface area contributed by atoms with Gasteiger partial charge in [-0.1, -0.05) is 25.7 Å². The van der Waals surface area contributed by atoms with Crippen molar-refractivity contribution in [3.05, 3.63) is 0 Å². The molecule has 0 amide bonds. The predicted molar refractivity (Wildman–Crippen MR) is 70.8 cm³/mol. The zero-order chi connectivity index (χ0) is 12.3. The fraction of sp³-hybridized carbons (Fsp3) is 1.00. The van der Waals surface area contributed by atoms with Gasteiger partial charge in [0.15, 0.2) is 0 Å². The summed E-state index contributed by atoms with van der Waals surface area (Å²) in [5.74, 6) is 1.33. The van der Waals surface area contributed by atoms with Gasteiger partial charge in [0, 0.05) is 24.7 Å². The first-order chi connectivity index (χ1) is 8.17. The van der Waals surface area contributed by atoms with Gasteiger partial charge in [0.2, 0.25) is 0 Å². The normalized spacial score (nSPS) is 33.4. The molecule has 2 fully saturated rings. The summed E-state index contributed by atoms with van der Waals surface area (Å²) in [6.45, 7) is 3.29. The zero-order valence-electron chi connectivity index (χ0n) is 11.1. The van der Waals surface area contributed by atoms with Crippen LogP contribution in [-0.4, -0.2) is 29.8 Å². The van der Waals surface area contributed by atoms with Crippen molar-refractivity contribution in [2.75, 3.05) is 13.2 Å². The first-order valence-corrected chi connectivity index (χ1v) is 7.25. The minimum Gasteiger partial charge on any atom is -0.396 e. The van der Waals surface area contributed by atoms with Gasteiger partial charge in [0.1, 0.15) is 0 Å². The van der Waals surface area contributed by atoms with Gasteiger partial charge in [-0.15, -0.1) is 0 Å². The molecule has 0 saturated heterocycles. The van der Waals surface area contributed by atoms with Crippen LogP contribution in [-0.2, 0) is 0 Å². The molecule has 0 bridgehead atoms. The molecule has 4 N–H and O–H groups in total. The number of rotatable bonds is 6. The lowest BCUT2D eigenvalue weighted by atomic mass is 9.76. The summed E-state index contributed by atoms with van der Waals surface area (Å²) < 4.78 is 0. The van der Waals surface area contributed by atoms with Gasteiger partial charge >= 0.3 is 0 Å². The average molecular weight is 240 g/mol. The van der Waals surface area contributed by atoms with Crippen LogP contribution in [0.25, 0.3) is 0 Å². The second kappa shape index (κ2) is 5.68. The molecule has 100 valence electrons. The highest BCUT2D eigenvalue weighted by molar-refractivity contribution is 4.94. The van der Waals surface area contributed by atoms with Gasteiger partial charge in [0.25, 0.3) is 0 Å². The fourth-order valence-electron chi connectivity index (χ4n) is 3.43. The van der Waals surface area contributed by atoms with Crippen molar-refractivity contribution < 1.29 is 5.11 Å². The number of nitrogens with two attached hydrogens (primary N) is 1. The minimum atomic E-state index is 0.0769. The molecule has 0 heterocycles. The van der Waals surface area contributed by atoms with E-state index in [-0.39, 0.29) is 5.54 Å². The van der Waals surface area contributed by atoms with E-state index >= 15 is 0 Å². The monoisotopic (exact) mass is 240 g/mol. The van der Waals surface area contributed by atoms with Crippen molar-refractivity contribution in [1.29, 1.82) is 0 Å². The maximum atomic E-state index is 9.37. The zero-order valence-corrected chi connectivity index (χ0v) is 11.1. The van der Waals surface area contributed by atoms with Crippen LogP contribution in [0, 0.1) is 11.8 Å². The summed E-state index contributed by atoms with van der Waals surface area (Å²) in [6.07, 6.45) is 8.97. The number of hydrogen-bond acceptors (Lipinski definition) is 3. The molecule has 2 aliphatic rings. The molecule has 0 aromatic carbocycles. The SMILES string of the molecule is CC(CN)(CC1CCC1)NC1CCCC1CO. The maximum absolute atomic E-state index is 9.37. The van der Waals surface area contributed by atoms with Crippen molar-refractivity contribution in [3.8, 4) is 0 Å². The molecule has 2 rings (SSSR count). The molecule has 0 aliphatic heterocycles. The first kappa shape index (κ1) is 13.3. The van der Waals surface area contributed by atoms with Crippen molar-refractivity contribution >= 4 is 0 Å². The largest absolute Gasteiger partial charge is 0.396 e. The van der Waals surface area contributed by atoms with Gasteiger partial charge in [-0.3, -0.25) is 0 Å². The Labute approximate surface area is 105 Å². The third kappa shape index (κ3) is 3.21. The molecule has 3 nitrogen and oxygen atoms in total. The number of aliphatic hydroxyl groups is 1. The standard InChI is InChI=1S/C14H28N2O/c1-14(10-15,8-11-4-2-5-11)16-13-7-3-6-12(13)9-17/h11-13,16-17H,2-10,15H2,1H3. The Balaban J connectivity index is 1.88. The lowest BCUT2D eigenvalue weighted by molar-refractivity contribution is 0.156. The second-order valence-electron chi connectivity index (χ2n) is 6.39. The molecule has 2 saturated carbocycles. The molecule has 0 aromatic heterocycles. The Bertz CT molecular complexity index is 242. The van der Waals surface area contributed by atoms with Crippen LogP contribution in [0.1, 0.15) is 51.9 Å². The highest BCUT2D eigenvalue weighted by atomic mass is 16.3. The smallest absolute Gasteiger partial charge is 0.0474 e. The molecule has 0 radical (unpaired) electrons. The van der Waals surface area contributed by atoms with E-state index in [9.17, 15) is 5.11 Å². The van der Waals surface area contributed by atoms with Crippen LogP contribution >= 0.6 is 0 Å². The average Bonchev–Trinajstić information content (AvgIpc) is 2.71. The van der Waals surface area contributed by atoms with Crippen LogP contribution in [0.3, 0.4) is 0 Å². The maximum Gasteiger partial charge on any atom is 0.0474 e. The van der Waals surface area contributed by atoms with Gasteiger partial charge in [-0.2, -0.15) is 0 Å².